The van der Waals surface area contributed by atoms with Crippen LogP contribution in [0.4, 0.5) is 0 Å². The molecule has 0 nitrogen and oxygen atoms in total. The highest BCUT2D eigenvalue weighted by atomic mass is 14.2. The van der Waals surface area contributed by atoms with Crippen molar-refractivity contribution in [2.75, 3.05) is 0 Å². The van der Waals surface area contributed by atoms with E-state index in [0.29, 0.717) is 0 Å². The molecule has 0 aliphatic heterocycles. The summed E-state index contributed by atoms with van der Waals surface area (Å²) < 4.78 is 0. The van der Waals surface area contributed by atoms with E-state index in [1.165, 1.54) is 121 Å². The molecule has 0 amide bonds. The second-order valence-electron chi connectivity index (χ2n) is 16.3. The largest absolute Gasteiger partial charge is 0.0622 e. The smallest absolute Gasteiger partial charge is 0.00139 e. The lowest BCUT2D eigenvalue weighted by molar-refractivity contribution is 1.57. The Kier molecular flexibility index (Phi) is 8.61. The van der Waals surface area contributed by atoms with Crippen LogP contribution in [0.3, 0.4) is 0 Å². The first kappa shape index (κ1) is 35.8. The highest BCUT2D eigenvalue weighted by molar-refractivity contribution is 6.39. The average molecular weight is 785 g/mol. The topological polar surface area (TPSA) is 0 Å². The van der Waals surface area contributed by atoms with Gasteiger partial charge in [-0.2, -0.15) is 0 Å². The van der Waals surface area contributed by atoms with Crippen LogP contribution in [0.5, 0.6) is 0 Å². The predicted molar refractivity (Wildman–Crippen MR) is 267 cm³/mol. The fourth-order valence-electron chi connectivity index (χ4n) is 9.93. The Morgan fingerprint density at radius 2 is 0.452 bits per heavy atom. The molecule has 0 N–H and O–H groups in total. The van der Waals surface area contributed by atoms with E-state index in [1.807, 2.05) is 0 Å². The van der Waals surface area contributed by atoms with Crippen LogP contribution < -0.4 is 0 Å². The van der Waals surface area contributed by atoms with Crippen molar-refractivity contribution in [1.82, 2.24) is 0 Å². The lowest BCUT2D eigenvalue weighted by atomic mass is 9.84. The molecule has 0 unspecified atom stereocenters. The van der Waals surface area contributed by atoms with Gasteiger partial charge in [0.1, 0.15) is 0 Å². The molecule has 0 radical (unpaired) electrons. The fraction of sp³-hybridized carbons (Fsp3) is 0. The standard InChI is InChI=1S/C62H40/c1-5-17-41(18-6-1)45-29-33-49(57(37-45)43-21-9-3-10-22-43)47-31-35-55-59(39-47)51-25-13-15-27-53(51)62-56-36-32-48(40-60(56)52-26-14-16-28-54(52)61(55)62)50-34-30-46(42-19-7-2-8-20-42)38-58(50)44-23-11-4-12-24-44/h1-40H. The quantitative estimate of drug-likeness (QED) is 0.147. The summed E-state index contributed by atoms with van der Waals surface area (Å²) in [6.07, 6.45) is 0. The third-order valence-electron chi connectivity index (χ3n) is 12.8. The molecule has 12 rings (SSSR count). The van der Waals surface area contributed by atoms with Gasteiger partial charge in [0.25, 0.3) is 0 Å². The van der Waals surface area contributed by atoms with Crippen LogP contribution in [0.1, 0.15) is 0 Å². The molecule has 0 heterocycles. The van der Waals surface area contributed by atoms with Crippen molar-refractivity contribution in [2.24, 2.45) is 0 Å². The third kappa shape index (κ3) is 5.99. The van der Waals surface area contributed by atoms with Gasteiger partial charge in [0.2, 0.25) is 0 Å². The Morgan fingerprint density at radius 1 is 0.145 bits per heavy atom. The van der Waals surface area contributed by atoms with Crippen molar-refractivity contribution in [3.05, 3.63) is 243 Å². The Morgan fingerprint density at radius 3 is 0.839 bits per heavy atom. The van der Waals surface area contributed by atoms with Crippen LogP contribution >= 0.6 is 0 Å². The molecule has 0 aliphatic carbocycles. The van der Waals surface area contributed by atoms with Gasteiger partial charge in [0.15, 0.2) is 0 Å². The van der Waals surface area contributed by atoms with E-state index in [0.717, 1.165) is 0 Å². The molecule has 62 heavy (non-hydrogen) atoms. The zero-order valence-electron chi connectivity index (χ0n) is 34.1. The Labute approximate surface area is 361 Å². The fourth-order valence-corrected chi connectivity index (χ4v) is 9.93. The summed E-state index contributed by atoms with van der Waals surface area (Å²) in [4.78, 5) is 0. The average Bonchev–Trinajstić information content (AvgIpc) is 3.36. The van der Waals surface area contributed by atoms with Crippen molar-refractivity contribution < 1.29 is 0 Å². The van der Waals surface area contributed by atoms with Crippen molar-refractivity contribution in [1.29, 1.82) is 0 Å². The first-order valence-corrected chi connectivity index (χ1v) is 21.5. The minimum Gasteiger partial charge on any atom is -0.0622 e. The van der Waals surface area contributed by atoms with Crippen molar-refractivity contribution >= 4 is 53.9 Å². The molecule has 0 spiro atoms. The Bertz CT molecular complexity index is 3400. The van der Waals surface area contributed by atoms with Gasteiger partial charge in [-0.15, -0.1) is 0 Å². The van der Waals surface area contributed by atoms with Crippen LogP contribution in [-0.4, -0.2) is 0 Å². The summed E-state index contributed by atoms with van der Waals surface area (Å²) in [5, 5.41) is 12.8. The van der Waals surface area contributed by atoms with E-state index in [1.54, 1.807) is 0 Å². The maximum Gasteiger partial charge on any atom is -0.00139 e. The maximum atomic E-state index is 2.44. The molecule has 0 fully saturated rings. The predicted octanol–water partition coefficient (Wildman–Crippen LogP) is 17.5. The lowest BCUT2D eigenvalue weighted by Gasteiger charge is -2.19. The molecular weight excluding hydrogens is 745 g/mol. The lowest BCUT2D eigenvalue weighted by Crippen LogP contribution is -1.92. The molecule has 12 aromatic carbocycles. The zero-order valence-corrected chi connectivity index (χ0v) is 34.1. The van der Waals surface area contributed by atoms with Crippen LogP contribution in [0.2, 0.25) is 0 Å². The van der Waals surface area contributed by atoms with Crippen molar-refractivity contribution in [2.45, 2.75) is 0 Å². The summed E-state index contributed by atoms with van der Waals surface area (Å²) in [5.74, 6) is 0. The molecule has 0 heteroatoms. The highest BCUT2D eigenvalue weighted by Crippen LogP contribution is 2.47. The highest BCUT2D eigenvalue weighted by Gasteiger charge is 2.19. The van der Waals surface area contributed by atoms with Crippen LogP contribution in [0, 0.1) is 0 Å². The Hall–Kier alpha value is -8.06. The summed E-state index contributed by atoms with van der Waals surface area (Å²) in [6, 6.07) is 89.3. The molecule has 0 bridgehead atoms. The van der Waals surface area contributed by atoms with Crippen molar-refractivity contribution in [3.63, 3.8) is 0 Å². The van der Waals surface area contributed by atoms with Gasteiger partial charge in [0, 0.05) is 0 Å². The van der Waals surface area contributed by atoms with Gasteiger partial charge in [-0.05, 0) is 145 Å². The first-order valence-electron chi connectivity index (χ1n) is 21.5. The third-order valence-corrected chi connectivity index (χ3v) is 12.8. The number of fused-ring (bicyclic) bond motifs is 11. The number of hydrogen-bond donors (Lipinski definition) is 0. The van der Waals surface area contributed by atoms with Crippen LogP contribution in [0.15, 0.2) is 243 Å². The summed E-state index contributed by atoms with van der Waals surface area (Å²) in [5.41, 5.74) is 14.6. The molecule has 0 saturated heterocycles. The van der Waals surface area contributed by atoms with E-state index >= 15 is 0 Å². The van der Waals surface area contributed by atoms with Gasteiger partial charge in [-0.1, -0.05) is 218 Å². The molecule has 12 aromatic rings. The van der Waals surface area contributed by atoms with Gasteiger partial charge in [-0.3, -0.25) is 0 Å². The number of rotatable bonds is 6. The van der Waals surface area contributed by atoms with Gasteiger partial charge in [0.05, 0.1) is 0 Å². The van der Waals surface area contributed by atoms with E-state index < -0.39 is 0 Å². The van der Waals surface area contributed by atoms with Crippen LogP contribution in [0.25, 0.3) is 121 Å². The van der Waals surface area contributed by atoms with Gasteiger partial charge >= 0.3 is 0 Å². The van der Waals surface area contributed by atoms with E-state index in [2.05, 4.69) is 243 Å². The second-order valence-corrected chi connectivity index (χ2v) is 16.3. The van der Waals surface area contributed by atoms with E-state index in [-0.39, 0.29) is 0 Å². The zero-order chi connectivity index (χ0) is 41.0. The van der Waals surface area contributed by atoms with Gasteiger partial charge in [-0.25, -0.2) is 0 Å². The molecule has 0 aliphatic rings. The Balaban J connectivity index is 1.09. The number of benzene rings is 12. The molecular formula is C62H40. The van der Waals surface area contributed by atoms with E-state index in [9.17, 15) is 0 Å². The monoisotopic (exact) mass is 784 g/mol. The van der Waals surface area contributed by atoms with Gasteiger partial charge < -0.3 is 0 Å². The van der Waals surface area contributed by atoms with Crippen LogP contribution in [-0.2, 0) is 0 Å². The minimum absolute atomic E-state index is 1.21. The second kappa shape index (κ2) is 14.9. The number of hydrogen-bond acceptors (Lipinski definition) is 0. The summed E-state index contributed by atoms with van der Waals surface area (Å²) in [6.45, 7) is 0. The van der Waals surface area contributed by atoms with E-state index in [4.69, 9.17) is 0 Å². The molecule has 0 atom stereocenters. The summed E-state index contributed by atoms with van der Waals surface area (Å²) >= 11 is 0. The molecule has 0 aromatic heterocycles. The molecule has 288 valence electrons. The van der Waals surface area contributed by atoms with Crippen molar-refractivity contribution in [3.8, 4) is 66.8 Å². The molecule has 0 saturated carbocycles. The maximum absolute atomic E-state index is 2.44. The SMILES string of the molecule is c1ccc(-c2ccc(-c3ccc4c(c3)c3ccccc3c3c5ccc(-c6ccc(-c7ccccc7)cc6-c6ccccc6)cc5c5ccccc5c43)c(-c3ccccc3)c2)cc1. The summed E-state index contributed by atoms with van der Waals surface area (Å²) in [7, 11) is 0. The normalized spacial score (nSPS) is 11.5. The first-order chi connectivity index (χ1) is 30.8. The minimum atomic E-state index is 1.21.